The van der Waals surface area contributed by atoms with E-state index in [9.17, 15) is 9.50 Å². The number of rotatable bonds is 4. The van der Waals surface area contributed by atoms with E-state index in [1.165, 1.54) is 18.2 Å². The number of nitrogens with one attached hydrogen (secondary N) is 1. The minimum Gasteiger partial charge on any atom is -0.508 e. The molecule has 1 atom stereocenters. The third-order valence-electron chi connectivity index (χ3n) is 3.64. The summed E-state index contributed by atoms with van der Waals surface area (Å²) < 4.78 is 13.5. The number of hydrogen-bond donors (Lipinski definition) is 2. The highest BCUT2D eigenvalue weighted by Crippen LogP contribution is 2.34. The second kappa shape index (κ2) is 7.81. The maximum absolute atomic E-state index is 13.5. The first kappa shape index (κ1) is 17.2. The standard InChI is InChI=1S/C15H23FN2O.ClH/c1-11(2)9-14(18-7-5-17-6-8-18)13-10-12(16)3-4-15(13)19;/h3-4,10-11,14,17,19H,5-9H2,1-2H3;1H/t14-;/m0./s1. The first-order chi connectivity index (χ1) is 9.08. The summed E-state index contributed by atoms with van der Waals surface area (Å²) in [5.41, 5.74) is 0.718. The molecule has 1 aromatic rings. The van der Waals surface area contributed by atoms with Crippen LogP contribution in [0.3, 0.4) is 0 Å². The summed E-state index contributed by atoms with van der Waals surface area (Å²) in [7, 11) is 0. The molecule has 1 aromatic carbocycles. The summed E-state index contributed by atoms with van der Waals surface area (Å²) in [4.78, 5) is 2.34. The topological polar surface area (TPSA) is 35.5 Å². The quantitative estimate of drug-likeness (QED) is 0.897. The molecule has 20 heavy (non-hydrogen) atoms. The highest BCUT2D eigenvalue weighted by Gasteiger charge is 2.25. The van der Waals surface area contributed by atoms with E-state index in [1.807, 2.05) is 0 Å². The second-order valence-electron chi connectivity index (χ2n) is 5.63. The van der Waals surface area contributed by atoms with Crippen molar-refractivity contribution in [1.82, 2.24) is 10.2 Å². The number of aromatic hydroxyl groups is 1. The molecule has 0 aromatic heterocycles. The van der Waals surface area contributed by atoms with Crippen LogP contribution >= 0.6 is 12.4 Å². The fourth-order valence-electron chi connectivity index (χ4n) is 2.71. The van der Waals surface area contributed by atoms with Crippen molar-refractivity contribution in [2.24, 2.45) is 5.92 Å². The first-order valence-electron chi connectivity index (χ1n) is 7.01. The number of phenols is 1. The lowest BCUT2D eigenvalue weighted by Gasteiger charge is -2.36. The van der Waals surface area contributed by atoms with Crippen LogP contribution in [0, 0.1) is 11.7 Å². The number of hydrogen-bond acceptors (Lipinski definition) is 3. The van der Waals surface area contributed by atoms with Gasteiger partial charge in [0.05, 0.1) is 0 Å². The number of phenolic OH excluding ortho intramolecular Hbond substituents is 1. The lowest BCUT2D eigenvalue weighted by atomic mass is 9.94. The van der Waals surface area contributed by atoms with Crippen molar-refractivity contribution in [1.29, 1.82) is 0 Å². The summed E-state index contributed by atoms with van der Waals surface area (Å²) >= 11 is 0. The Morgan fingerprint density at radius 1 is 1.30 bits per heavy atom. The monoisotopic (exact) mass is 302 g/mol. The molecular formula is C15H24ClFN2O. The maximum atomic E-state index is 13.5. The predicted octanol–water partition coefficient (Wildman–Crippen LogP) is 2.95. The molecule has 1 saturated heterocycles. The summed E-state index contributed by atoms with van der Waals surface area (Å²) in [5, 5.41) is 13.4. The molecule has 2 rings (SSSR count). The molecule has 1 heterocycles. The molecule has 5 heteroatoms. The fraction of sp³-hybridized carbons (Fsp3) is 0.600. The first-order valence-corrected chi connectivity index (χ1v) is 7.01. The second-order valence-corrected chi connectivity index (χ2v) is 5.63. The van der Waals surface area contributed by atoms with Crippen molar-refractivity contribution in [3.8, 4) is 5.75 Å². The highest BCUT2D eigenvalue weighted by atomic mass is 35.5. The summed E-state index contributed by atoms with van der Waals surface area (Å²) in [6, 6.07) is 4.34. The van der Waals surface area contributed by atoms with Gasteiger partial charge in [0, 0.05) is 37.8 Å². The Balaban J connectivity index is 0.00000200. The number of halogens is 2. The molecule has 0 aliphatic carbocycles. The van der Waals surface area contributed by atoms with Crippen molar-refractivity contribution in [2.75, 3.05) is 26.2 Å². The van der Waals surface area contributed by atoms with E-state index in [0.29, 0.717) is 5.92 Å². The van der Waals surface area contributed by atoms with Crippen LogP contribution in [0.5, 0.6) is 5.75 Å². The zero-order chi connectivity index (χ0) is 13.8. The number of nitrogens with zero attached hydrogens (tertiary/aromatic N) is 1. The molecule has 2 N–H and O–H groups in total. The van der Waals surface area contributed by atoms with E-state index < -0.39 is 0 Å². The molecule has 1 aliphatic heterocycles. The van der Waals surface area contributed by atoms with E-state index in [4.69, 9.17) is 0 Å². The Labute approximate surface area is 126 Å². The Bertz CT molecular complexity index is 422. The van der Waals surface area contributed by atoms with Crippen LogP contribution in [-0.4, -0.2) is 36.2 Å². The third-order valence-corrected chi connectivity index (χ3v) is 3.64. The van der Waals surface area contributed by atoms with Gasteiger partial charge >= 0.3 is 0 Å². The molecule has 0 spiro atoms. The third kappa shape index (κ3) is 4.33. The summed E-state index contributed by atoms with van der Waals surface area (Å²) in [6.07, 6.45) is 0.928. The van der Waals surface area contributed by atoms with Crippen molar-refractivity contribution < 1.29 is 9.50 Å². The van der Waals surface area contributed by atoms with E-state index in [1.54, 1.807) is 0 Å². The van der Waals surface area contributed by atoms with Crippen molar-refractivity contribution >= 4 is 12.4 Å². The smallest absolute Gasteiger partial charge is 0.123 e. The molecule has 114 valence electrons. The molecule has 0 unspecified atom stereocenters. The van der Waals surface area contributed by atoms with Gasteiger partial charge in [-0.2, -0.15) is 0 Å². The van der Waals surface area contributed by atoms with Crippen LogP contribution in [0.2, 0.25) is 0 Å². The normalized spacial score (nSPS) is 17.8. The Hall–Kier alpha value is -0.840. The predicted molar refractivity (Wildman–Crippen MR) is 82.0 cm³/mol. The van der Waals surface area contributed by atoms with Gasteiger partial charge in [-0.05, 0) is 30.5 Å². The number of piperazine rings is 1. The van der Waals surface area contributed by atoms with Gasteiger partial charge in [0.2, 0.25) is 0 Å². The average Bonchev–Trinajstić information content (AvgIpc) is 2.40. The van der Waals surface area contributed by atoms with E-state index in [2.05, 4.69) is 24.1 Å². The highest BCUT2D eigenvalue weighted by molar-refractivity contribution is 5.85. The van der Waals surface area contributed by atoms with Crippen LogP contribution in [0.1, 0.15) is 31.9 Å². The van der Waals surface area contributed by atoms with Gasteiger partial charge in [0.15, 0.2) is 0 Å². The van der Waals surface area contributed by atoms with E-state index in [-0.39, 0.29) is 30.0 Å². The minimum atomic E-state index is -0.281. The molecule has 1 aliphatic rings. The summed E-state index contributed by atoms with van der Waals surface area (Å²) in [5.74, 6) is 0.421. The Kier molecular flexibility index (Phi) is 6.72. The lowest BCUT2D eigenvalue weighted by molar-refractivity contribution is 0.151. The van der Waals surface area contributed by atoms with Gasteiger partial charge in [-0.15, -0.1) is 12.4 Å². The molecule has 0 amide bonds. The van der Waals surface area contributed by atoms with Gasteiger partial charge in [0.1, 0.15) is 11.6 Å². The van der Waals surface area contributed by atoms with Gasteiger partial charge in [-0.3, -0.25) is 4.90 Å². The average molecular weight is 303 g/mol. The van der Waals surface area contributed by atoms with Crippen LogP contribution in [0.15, 0.2) is 18.2 Å². The molecule has 0 saturated carbocycles. The van der Waals surface area contributed by atoms with Crippen molar-refractivity contribution in [2.45, 2.75) is 26.3 Å². The molecular weight excluding hydrogens is 279 g/mol. The molecule has 1 fully saturated rings. The maximum Gasteiger partial charge on any atom is 0.123 e. The number of benzene rings is 1. The zero-order valence-electron chi connectivity index (χ0n) is 12.1. The van der Waals surface area contributed by atoms with Crippen LogP contribution in [0.25, 0.3) is 0 Å². The van der Waals surface area contributed by atoms with E-state index >= 15 is 0 Å². The van der Waals surface area contributed by atoms with Gasteiger partial charge in [-0.1, -0.05) is 13.8 Å². The summed E-state index contributed by atoms with van der Waals surface area (Å²) in [6.45, 7) is 8.09. The van der Waals surface area contributed by atoms with Gasteiger partial charge in [-0.25, -0.2) is 4.39 Å². The van der Waals surface area contributed by atoms with Crippen LogP contribution in [0.4, 0.5) is 4.39 Å². The van der Waals surface area contributed by atoms with Gasteiger partial charge in [0.25, 0.3) is 0 Å². The minimum absolute atomic E-state index is 0. The Morgan fingerprint density at radius 2 is 1.95 bits per heavy atom. The zero-order valence-corrected chi connectivity index (χ0v) is 12.9. The molecule has 0 bridgehead atoms. The van der Waals surface area contributed by atoms with Gasteiger partial charge < -0.3 is 10.4 Å². The SMILES string of the molecule is CC(C)C[C@@H](c1cc(F)ccc1O)N1CCNCC1.Cl. The van der Waals surface area contributed by atoms with Crippen molar-refractivity contribution in [3.05, 3.63) is 29.6 Å². The van der Waals surface area contributed by atoms with Crippen LogP contribution < -0.4 is 5.32 Å². The Morgan fingerprint density at radius 3 is 2.55 bits per heavy atom. The van der Waals surface area contributed by atoms with E-state index in [0.717, 1.165) is 38.2 Å². The van der Waals surface area contributed by atoms with Crippen LogP contribution in [-0.2, 0) is 0 Å². The molecule has 3 nitrogen and oxygen atoms in total. The van der Waals surface area contributed by atoms with Crippen molar-refractivity contribution in [3.63, 3.8) is 0 Å². The molecule has 0 radical (unpaired) electrons. The lowest BCUT2D eigenvalue weighted by Crippen LogP contribution is -2.45. The fourth-order valence-corrected chi connectivity index (χ4v) is 2.71. The largest absolute Gasteiger partial charge is 0.508 e.